The number of rotatable bonds is 2. The Morgan fingerprint density at radius 1 is 1.37 bits per heavy atom. The van der Waals surface area contributed by atoms with E-state index in [-0.39, 0.29) is 16.6 Å². The predicted molar refractivity (Wildman–Crippen MR) is 76.3 cm³/mol. The number of imide groups is 1. The molecule has 2 aliphatic rings. The molecule has 4 nitrogen and oxygen atoms in total. The van der Waals surface area contributed by atoms with E-state index in [9.17, 15) is 9.59 Å². The monoisotopic (exact) mass is 276 g/mol. The molecule has 0 aliphatic carbocycles. The van der Waals surface area contributed by atoms with Crippen LogP contribution in [0.3, 0.4) is 0 Å². The molecule has 0 radical (unpaired) electrons. The fourth-order valence-corrected chi connectivity index (χ4v) is 4.09. The van der Waals surface area contributed by atoms with Crippen LogP contribution in [0, 0.1) is 0 Å². The largest absolute Gasteiger partial charge is 0.398 e. The molecule has 0 bridgehead atoms. The van der Waals surface area contributed by atoms with Gasteiger partial charge in [-0.05, 0) is 37.7 Å². The van der Waals surface area contributed by atoms with E-state index < -0.39 is 0 Å². The topological polar surface area (TPSA) is 63.4 Å². The molecule has 0 aromatic heterocycles. The van der Waals surface area contributed by atoms with E-state index in [4.69, 9.17) is 5.73 Å². The molecule has 5 heteroatoms. The molecule has 1 unspecified atom stereocenters. The molecule has 0 saturated carbocycles. The highest BCUT2D eigenvalue weighted by atomic mass is 32.2. The first-order valence-electron chi connectivity index (χ1n) is 6.40. The molecular formula is C14H16N2O2S. The molecule has 2 amide bonds. The first-order valence-corrected chi connectivity index (χ1v) is 7.39. The maximum atomic E-state index is 12.4. The summed E-state index contributed by atoms with van der Waals surface area (Å²) in [5.74, 6) is 0.648. The third-order valence-electron chi connectivity index (χ3n) is 3.82. The summed E-state index contributed by atoms with van der Waals surface area (Å²) in [4.78, 5) is 26.1. The van der Waals surface area contributed by atoms with E-state index in [1.54, 1.807) is 18.2 Å². The Hall–Kier alpha value is -1.49. The van der Waals surface area contributed by atoms with Gasteiger partial charge in [-0.2, -0.15) is 11.8 Å². The number of benzene rings is 1. The maximum absolute atomic E-state index is 12.4. The molecule has 1 aromatic carbocycles. The van der Waals surface area contributed by atoms with Gasteiger partial charge in [0.1, 0.15) is 0 Å². The van der Waals surface area contributed by atoms with Gasteiger partial charge in [0.2, 0.25) is 0 Å². The van der Waals surface area contributed by atoms with Gasteiger partial charge in [-0.3, -0.25) is 14.5 Å². The van der Waals surface area contributed by atoms with Crippen LogP contribution in [0.1, 0.15) is 40.5 Å². The molecule has 2 heterocycles. The highest BCUT2D eigenvalue weighted by Crippen LogP contribution is 2.40. The normalized spacial score (nSPS) is 26.1. The molecule has 1 atom stereocenters. The SMILES string of the molecule is CC1(CN2C(=O)c3cccc(N)c3C2=O)CCCS1. The van der Waals surface area contributed by atoms with Crippen LogP contribution in [0.4, 0.5) is 5.69 Å². The van der Waals surface area contributed by atoms with Gasteiger partial charge in [-0.1, -0.05) is 6.07 Å². The quantitative estimate of drug-likeness (QED) is 0.664. The Morgan fingerprint density at radius 2 is 2.16 bits per heavy atom. The Kier molecular flexibility index (Phi) is 2.82. The van der Waals surface area contributed by atoms with Crippen molar-refractivity contribution in [1.29, 1.82) is 0 Å². The minimum Gasteiger partial charge on any atom is -0.398 e. The van der Waals surface area contributed by atoms with Crippen LogP contribution in [0.2, 0.25) is 0 Å². The third-order valence-corrected chi connectivity index (χ3v) is 5.35. The van der Waals surface area contributed by atoms with Crippen molar-refractivity contribution in [3.8, 4) is 0 Å². The Balaban J connectivity index is 1.92. The van der Waals surface area contributed by atoms with Crippen LogP contribution in [0.25, 0.3) is 0 Å². The molecule has 0 spiro atoms. The van der Waals surface area contributed by atoms with Gasteiger partial charge < -0.3 is 5.73 Å². The van der Waals surface area contributed by atoms with Crippen molar-refractivity contribution in [3.05, 3.63) is 29.3 Å². The lowest BCUT2D eigenvalue weighted by Gasteiger charge is -2.27. The molecule has 1 saturated heterocycles. The number of hydrogen-bond acceptors (Lipinski definition) is 4. The van der Waals surface area contributed by atoms with Crippen molar-refractivity contribution in [2.75, 3.05) is 18.0 Å². The van der Waals surface area contributed by atoms with Crippen LogP contribution in [0.5, 0.6) is 0 Å². The second-order valence-corrected chi connectivity index (χ2v) is 7.05. The van der Waals surface area contributed by atoms with Crippen LogP contribution >= 0.6 is 11.8 Å². The molecule has 100 valence electrons. The van der Waals surface area contributed by atoms with E-state index >= 15 is 0 Å². The Labute approximate surface area is 116 Å². The second-order valence-electron chi connectivity index (χ2n) is 5.37. The summed E-state index contributed by atoms with van der Waals surface area (Å²) in [5, 5.41) is 0. The van der Waals surface area contributed by atoms with E-state index in [1.807, 2.05) is 11.8 Å². The van der Waals surface area contributed by atoms with Crippen molar-refractivity contribution in [3.63, 3.8) is 0 Å². The van der Waals surface area contributed by atoms with Crippen LogP contribution < -0.4 is 5.73 Å². The van der Waals surface area contributed by atoms with Gasteiger partial charge in [0.25, 0.3) is 11.8 Å². The number of carbonyl (C=O) groups is 2. The summed E-state index contributed by atoms with van der Waals surface area (Å²) in [6.07, 6.45) is 2.19. The smallest absolute Gasteiger partial charge is 0.263 e. The van der Waals surface area contributed by atoms with Crippen molar-refractivity contribution >= 4 is 29.3 Å². The highest BCUT2D eigenvalue weighted by Gasteiger charge is 2.42. The van der Waals surface area contributed by atoms with Crippen LogP contribution in [0.15, 0.2) is 18.2 Å². The zero-order valence-corrected chi connectivity index (χ0v) is 11.6. The second kappa shape index (κ2) is 4.27. The summed E-state index contributed by atoms with van der Waals surface area (Å²) < 4.78 is -0.0118. The van der Waals surface area contributed by atoms with Gasteiger partial charge in [0, 0.05) is 17.0 Å². The van der Waals surface area contributed by atoms with Crippen molar-refractivity contribution in [1.82, 2.24) is 4.90 Å². The van der Waals surface area contributed by atoms with E-state index in [0.717, 1.165) is 18.6 Å². The standard InChI is InChI=1S/C14H16N2O2S/c1-14(6-3-7-19-14)8-16-12(17)9-4-2-5-10(15)11(9)13(16)18/h2,4-5H,3,6-8,15H2,1H3. The lowest BCUT2D eigenvalue weighted by Crippen LogP contribution is -2.40. The number of carbonyl (C=O) groups excluding carboxylic acids is 2. The zero-order valence-electron chi connectivity index (χ0n) is 10.8. The maximum Gasteiger partial charge on any atom is 0.263 e. The predicted octanol–water partition coefficient (Wildman–Crippen LogP) is 2.15. The number of fused-ring (bicyclic) bond motifs is 1. The number of nitrogen functional groups attached to an aromatic ring is 1. The van der Waals surface area contributed by atoms with Gasteiger partial charge in [0.15, 0.2) is 0 Å². The summed E-state index contributed by atoms with van der Waals surface area (Å²) in [6.45, 7) is 2.60. The fraction of sp³-hybridized carbons (Fsp3) is 0.429. The summed E-state index contributed by atoms with van der Waals surface area (Å²) >= 11 is 1.84. The number of thioether (sulfide) groups is 1. The third kappa shape index (κ3) is 1.92. The van der Waals surface area contributed by atoms with Crippen LogP contribution in [-0.4, -0.2) is 33.8 Å². The number of nitrogens with two attached hydrogens (primary N) is 1. The average molecular weight is 276 g/mol. The van der Waals surface area contributed by atoms with Gasteiger partial charge in [0.05, 0.1) is 11.1 Å². The summed E-state index contributed by atoms with van der Waals surface area (Å²) in [5.41, 5.74) is 7.03. The lowest BCUT2D eigenvalue weighted by molar-refractivity contribution is 0.0640. The first-order chi connectivity index (χ1) is 9.02. The minimum atomic E-state index is -0.244. The Bertz CT molecular complexity index is 565. The molecule has 1 fully saturated rings. The van der Waals surface area contributed by atoms with Gasteiger partial charge in [-0.15, -0.1) is 0 Å². The number of nitrogens with zero attached hydrogens (tertiary/aromatic N) is 1. The lowest BCUT2D eigenvalue weighted by atomic mass is 10.1. The van der Waals surface area contributed by atoms with Crippen molar-refractivity contribution in [2.45, 2.75) is 24.5 Å². The number of amides is 2. The van der Waals surface area contributed by atoms with E-state index in [1.165, 1.54) is 4.90 Å². The molecule has 2 aliphatic heterocycles. The van der Waals surface area contributed by atoms with Crippen molar-refractivity contribution in [2.24, 2.45) is 0 Å². The molecule has 1 aromatic rings. The number of hydrogen-bond donors (Lipinski definition) is 1. The summed E-state index contributed by atoms with van der Waals surface area (Å²) in [6, 6.07) is 5.06. The van der Waals surface area contributed by atoms with Crippen molar-refractivity contribution < 1.29 is 9.59 Å². The van der Waals surface area contributed by atoms with E-state index in [0.29, 0.717) is 23.4 Å². The Morgan fingerprint density at radius 3 is 2.79 bits per heavy atom. The zero-order chi connectivity index (χ0) is 13.6. The van der Waals surface area contributed by atoms with Crippen LogP contribution in [-0.2, 0) is 0 Å². The first kappa shape index (κ1) is 12.5. The molecule has 3 rings (SSSR count). The van der Waals surface area contributed by atoms with Gasteiger partial charge in [-0.25, -0.2) is 0 Å². The van der Waals surface area contributed by atoms with E-state index in [2.05, 4.69) is 6.92 Å². The average Bonchev–Trinajstić information content (AvgIpc) is 2.89. The summed E-state index contributed by atoms with van der Waals surface area (Å²) in [7, 11) is 0. The molecule has 2 N–H and O–H groups in total. The molecular weight excluding hydrogens is 260 g/mol. The minimum absolute atomic E-state index is 0.0118. The highest BCUT2D eigenvalue weighted by molar-refractivity contribution is 8.00. The number of anilines is 1. The molecule has 19 heavy (non-hydrogen) atoms. The van der Waals surface area contributed by atoms with Gasteiger partial charge >= 0.3 is 0 Å². The fourth-order valence-electron chi connectivity index (χ4n) is 2.80.